The van der Waals surface area contributed by atoms with Crippen LogP contribution in [0.2, 0.25) is 0 Å². The van der Waals surface area contributed by atoms with Crippen LogP contribution in [0, 0.1) is 0 Å². The number of carbonyl (C=O) groups excluding carboxylic acids is 1. The van der Waals surface area contributed by atoms with Gasteiger partial charge in [0.05, 0.1) is 19.8 Å². The Kier molecular flexibility index (Phi) is 5.44. The summed E-state index contributed by atoms with van der Waals surface area (Å²) >= 11 is 0. The molecule has 24 heavy (non-hydrogen) atoms. The zero-order chi connectivity index (χ0) is 16.9. The minimum Gasteiger partial charge on any atom is -0.497 e. The molecule has 1 aromatic carbocycles. The molecule has 1 fully saturated rings. The number of hydrogen-bond donors (Lipinski definition) is 0. The molecule has 1 heterocycles. The fraction of sp³-hybridized carbons (Fsp3) is 0.550. The number of likely N-dealkylation sites (N-methyl/N-ethyl adjacent to an activating group) is 1. The van der Waals surface area contributed by atoms with E-state index in [9.17, 15) is 4.79 Å². The van der Waals surface area contributed by atoms with Crippen LogP contribution < -0.4 is 4.74 Å². The van der Waals surface area contributed by atoms with Crippen molar-refractivity contribution in [1.29, 1.82) is 0 Å². The molecule has 4 nitrogen and oxygen atoms in total. The van der Waals surface area contributed by atoms with Gasteiger partial charge in [-0.1, -0.05) is 32.1 Å². The highest BCUT2D eigenvalue weighted by atomic mass is 16.5. The van der Waals surface area contributed by atoms with Crippen molar-refractivity contribution in [2.45, 2.75) is 57.4 Å². The minimum absolute atomic E-state index is 0.180. The fourth-order valence-corrected chi connectivity index (χ4v) is 3.64. The second-order valence-corrected chi connectivity index (χ2v) is 6.80. The maximum Gasteiger partial charge on any atom is 0.227 e. The maximum atomic E-state index is 12.7. The van der Waals surface area contributed by atoms with Crippen molar-refractivity contribution in [2.75, 3.05) is 14.2 Å². The summed E-state index contributed by atoms with van der Waals surface area (Å²) in [6.45, 7) is 0. The van der Waals surface area contributed by atoms with Crippen molar-refractivity contribution in [2.24, 2.45) is 0 Å². The Labute approximate surface area is 143 Å². The molecule has 0 unspecified atom stereocenters. The van der Waals surface area contributed by atoms with E-state index >= 15 is 0 Å². The summed E-state index contributed by atoms with van der Waals surface area (Å²) in [6.07, 6.45) is 10.8. The van der Waals surface area contributed by atoms with Gasteiger partial charge in [0, 0.05) is 30.1 Å². The molecule has 0 radical (unpaired) electrons. The molecule has 1 aliphatic rings. The van der Waals surface area contributed by atoms with Crippen molar-refractivity contribution in [3.05, 3.63) is 30.0 Å². The molecule has 0 aliphatic heterocycles. The minimum atomic E-state index is 0.180. The first kappa shape index (κ1) is 16.9. The van der Waals surface area contributed by atoms with Crippen molar-refractivity contribution < 1.29 is 13.9 Å². The van der Waals surface area contributed by atoms with Crippen LogP contribution >= 0.6 is 0 Å². The quantitative estimate of drug-likeness (QED) is 0.826. The lowest BCUT2D eigenvalue weighted by atomic mass is 9.95. The number of benzene rings is 1. The van der Waals surface area contributed by atoms with Crippen molar-refractivity contribution >= 4 is 16.9 Å². The van der Waals surface area contributed by atoms with E-state index in [1.54, 1.807) is 13.4 Å². The average molecular weight is 329 g/mol. The number of furan rings is 1. The van der Waals surface area contributed by atoms with Gasteiger partial charge in [-0.15, -0.1) is 0 Å². The molecule has 4 heteroatoms. The second kappa shape index (κ2) is 7.73. The largest absolute Gasteiger partial charge is 0.497 e. The van der Waals surface area contributed by atoms with Crippen LogP contribution in [0.5, 0.6) is 5.75 Å². The molecule has 1 aromatic heterocycles. The summed E-state index contributed by atoms with van der Waals surface area (Å²) < 4.78 is 10.8. The smallest absolute Gasteiger partial charge is 0.227 e. The maximum absolute atomic E-state index is 12.7. The lowest BCUT2D eigenvalue weighted by Crippen LogP contribution is -2.38. The topological polar surface area (TPSA) is 42.7 Å². The summed E-state index contributed by atoms with van der Waals surface area (Å²) in [5.74, 6) is 0.945. The Hall–Kier alpha value is -1.97. The number of rotatable bonds is 4. The van der Waals surface area contributed by atoms with Gasteiger partial charge in [0.1, 0.15) is 11.3 Å². The van der Waals surface area contributed by atoms with Gasteiger partial charge in [0.15, 0.2) is 0 Å². The zero-order valence-electron chi connectivity index (χ0n) is 14.7. The molecule has 0 bridgehead atoms. The molecule has 1 saturated carbocycles. The Balaban J connectivity index is 1.69. The SMILES string of the molecule is COc1ccc2c(CC(=O)N(C)C3CCCCCCC3)coc2c1. The van der Waals surface area contributed by atoms with Crippen LogP contribution in [0.1, 0.15) is 50.5 Å². The number of methoxy groups -OCH3 is 1. The standard InChI is InChI=1S/C20H27NO3/c1-21(16-8-6-4-3-5-7-9-16)20(22)12-15-14-24-19-13-17(23-2)10-11-18(15)19/h10-11,13-14,16H,3-9,12H2,1-2H3. The molecule has 1 amide bonds. The van der Waals surface area contributed by atoms with Gasteiger partial charge >= 0.3 is 0 Å². The first-order valence-electron chi connectivity index (χ1n) is 8.99. The van der Waals surface area contributed by atoms with Gasteiger partial charge in [-0.2, -0.15) is 0 Å². The molecule has 0 N–H and O–H groups in total. The summed E-state index contributed by atoms with van der Waals surface area (Å²) in [7, 11) is 3.60. The number of hydrogen-bond acceptors (Lipinski definition) is 3. The molecule has 130 valence electrons. The Morgan fingerprint density at radius 3 is 2.62 bits per heavy atom. The lowest BCUT2D eigenvalue weighted by molar-refractivity contribution is -0.131. The van der Waals surface area contributed by atoms with Gasteiger partial charge in [0.2, 0.25) is 5.91 Å². The third-order valence-electron chi connectivity index (χ3n) is 5.22. The number of carbonyl (C=O) groups is 1. The molecule has 2 aromatic rings. The number of nitrogens with zero attached hydrogens (tertiary/aromatic N) is 1. The molecule has 0 atom stereocenters. The summed E-state index contributed by atoms with van der Waals surface area (Å²) in [5, 5.41) is 0.996. The molecular weight excluding hydrogens is 302 g/mol. The van der Waals surface area contributed by atoms with E-state index in [1.807, 2.05) is 30.1 Å². The van der Waals surface area contributed by atoms with E-state index in [4.69, 9.17) is 9.15 Å². The highest BCUT2D eigenvalue weighted by Gasteiger charge is 2.22. The van der Waals surface area contributed by atoms with Crippen LogP contribution in [-0.4, -0.2) is 31.0 Å². The molecule has 1 aliphatic carbocycles. The van der Waals surface area contributed by atoms with E-state index in [2.05, 4.69) is 0 Å². The van der Waals surface area contributed by atoms with Gasteiger partial charge in [-0.3, -0.25) is 4.79 Å². The second-order valence-electron chi connectivity index (χ2n) is 6.80. The number of ether oxygens (including phenoxy) is 1. The predicted octanol–water partition coefficient (Wildman–Crippen LogP) is 4.56. The zero-order valence-corrected chi connectivity index (χ0v) is 14.7. The monoisotopic (exact) mass is 329 g/mol. The van der Waals surface area contributed by atoms with Gasteiger partial charge in [-0.05, 0) is 25.0 Å². The predicted molar refractivity (Wildman–Crippen MR) is 95.3 cm³/mol. The van der Waals surface area contributed by atoms with Crippen molar-refractivity contribution in [3.63, 3.8) is 0 Å². The number of amides is 1. The first-order chi connectivity index (χ1) is 11.7. The van der Waals surface area contributed by atoms with Crippen LogP contribution in [-0.2, 0) is 11.2 Å². The van der Waals surface area contributed by atoms with Crippen LogP contribution in [0.4, 0.5) is 0 Å². The van der Waals surface area contributed by atoms with E-state index < -0.39 is 0 Å². The van der Waals surface area contributed by atoms with Crippen molar-refractivity contribution in [1.82, 2.24) is 4.90 Å². The Bertz CT molecular complexity index is 683. The summed E-state index contributed by atoms with van der Waals surface area (Å²) in [6, 6.07) is 6.12. The summed E-state index contributed by atoms with van der Waals surface area (Å²) in [5.41, 5.74) is 1.72. The molecule has 3 rings (SSSR count). The summed E-state index contributed by atoms with van der Waals surface area (Å²) in [4.78, 5) is 14.7. The molecule has 0 spiro atoms. The number of fused-ring (bicyclic) bond motifs is 1. The van der Waals surface area contributed by atoms with Gasteiger partial charge in [0.25, 0.3) is 0 Å². The lowest BCUT2D eigenvalue weighted by Gasteiger charge is -2.29. The van der Waals surface area contributed by atoms with E-state index in [0.29, 0.717) is 12.5 Å². The third kappa shape index (κ3) is 3.74. The van der Waals surface area contributed by atoms with Gasteiger partial charge in [-0.25, -0.2) is 0 Å². The fourth-order valence-electron chi connectivity index (χ4n) is 3.64. The highest BCUT2D eigenvalue weighted by Crippen LogP contribution is 2.27. The van der Waals surface area contributed by atoms with Gasteiger partial charge < -0.3 is 14.1 Å². The van der Waals surface area contributed by atoms with Crippen LogP contribution in [0.25, 0.3) is 11.0 Å². The Morgan fingerprint density at radius 2 is 1.92 bits per heavy atom. The molecule has 0 saturated heterocycles. The normalized spacial score (nSPS) is 16.6. The van der Waals surface area contributed by atoms with Crippen molar-refractivity contribution in [3.8, 4) is 5.75 Å². The average Bonchev–Trinajstić information content (AvgIpc) is 2.96. The highest BCUT2D eigenvalue weighted by molar-refractivity contribution is 5.88. The van der Waals surface area contributed by atoms with E-state index in [1.165, 1.54) is 32.1 Å². The van der Waals surface area contributed by atoms with E-state index in [-0.39, 0.29) is 5.91 Å². The molecular formula is C20H27NO3. The Morgan fingerprint density at radius 1 is 1.21 bits per heavy atom. The first-order valence-corrected chi connectivity index (χ1v) is 8.99. The van der Waals surface area contributed by atoms with Crippen LogP contribution in [0.3, 0.4) is 0 Å². The third-order valence-corrected chi connectivity index (χ3v) is 5.22. The van der Waals surface area contributed by atoms with Crippen LogP contribution in [0.15, 0.2) is 28.9 Å². The van der Waals surface area contributed by atoms with E-state index in [0.717, 1.165) is 35.1 Å².